The van der Waals surface area contributed by atoms with E-state index in [0.717, 1.165) is 26.8 Å². The zero-order valence-corrected chi connectivity index (χ0v) is 13.0. The highest BCUT2D eigenvalue weighted by molar-refractivity contribution is 9.11. The van der Waals surface area contributed by atoms with E-state index in [0.29, 0.717) is 0 Å². The van der Waals surface area contributed by atoms with E-state index in [1.807, 2.05) is 0 Å². The Hall–Kier alpha value is -1.12. The smallest absolute Gasteiger partial charge is 0.271 e. The molecule has 0 atom stereocenters. The quantitative estimate of drug-likeness (QED) is 0.820. The maximum absolute atomic E-state index is 13.6. The van der Waals surface area contributed by atoms with Gasteiger partial charge in [-0.25, -0.2) is 12.8 Å². The van der Waals surface area contributed by atoms with Gasteiger partial charge in [-0.2, -0.15) is 0 Å². The summed E-state index contributed by atoms with van der Waals surface area (Å²) in [5.41, 5.74) is 6.32. The van der Waals surface area contributed by atoms with E-state index in [1.54, 1.807) is 6.92 Å². The van der Waals surface area contributed by atoms with E-state index >= 15 is 0 Å². The van der Waals surface area contributed by atoms with Crippen LogP contribution in [-0.4, -0.2) is 8.42 Å². The SMILES string of the molecule is Cc1cc(S(=O)(=O)Nc2ccc(N)cc2F)sc1Br. The lowest BCUT2D eigenvalue weighted by molar-refractivity contribution is 0.600. The minimum atomic E-state index is -3.79. The highest BCUT2D eigenvalue weighted by Crippen LogP contribution is 2.32. The fourth-order valence-corrected chi connectivity index (χ4v) is 4.67. The van der Waals surface area contributed by atoms with E-state index in [4.69, 9.17) is 5.73 Å². The summed E-state index contributed by atoms with van der Waals surface area (Å²) in [4.78, 5) is 0. The molecule has 0 saturated heterocycles. The van der Waals surface area contributed by atoms with Crippen molar-refractivity contribution in [3.8, 4) is 0 Å². The van der Waals surface area contributed by atoms with Gasteiger partial charge in [0.15, 0.2) is 0 Å². The first-order valence-electron chi connectivity index (χ1n) is 5.13. The summed E-state index contributed by atoms with van der Waals surface area (Å²) in [6.45, 7) is 1.78. The fraction of sp³-hybridized carbons (Fsp3) is 0.0909. The van der Waals surface area contributed by atoms with Gasteiger partial charge in [-0.05, 0) is 52.7 Å². The number of aryl methyl sites for hydroxylation is 1. The first-order valence-corrected chi connectivity index (χ1v) is 8.22. The summed E-state index contributed by atoms with van der Waals surface area (Å²) in [6.07, 6.45) is 0. The highest BCUT2D eigenvalue weighted by atomic mass is 79.9. The van der Waals surface area contributed by atoms with Gasteiger partial charge in [0, 0.05) is 5.69 Å². The molecule has 1 aromatic carbocycles. The van der Waals surface area contributed by atoms with Gasteiger partial charge in [0.1, 0.15) is 10.0 Å². The van der Waals surface area contributed by atoms with Crippen LogP contribution in [0.1, 0.15) is 5.56 Å². The standard InChI is InChI=1S/C11H10BrFN2O2S2/c1-6-4-10(18-11(6)12)19(16,17)15-9-3-2-7(14)5-8(9)13/h2-5,15H,14H2,1H3. The Morgan fingerprint density at radius 3 is 2.58 bits per heavy atom. The molecule has 102 valence electrons. The number of anilines is 2. The summed E-state index contributed by atoms with van der Waals surface area (Å²) in [5, 5.41) is 0. The van der Waals surface area contributed by atoms with E-state index in [1.165, 1.54) is 18.2 Å². The van der Waals surface area contributed by atoms with Crippen molar-refractivity contribution in [2.45, 2.75) is 11.1 Å². The summed E-state index contributed by atoms with van der Waals surface area (Å²) < 4.78 is 40.8. The number of nitrogens with two attached hydrogens (primary N) is 1. The minimum absolute atomic E-state index is 0.119. The molecule has 3 N–H and O–H groups in total. The van der Waals surface area contributed by atoms with Crippen LogP contribution in [0.25, 0.3) is 0 Å². The third-order valence-electron chi connectivity index (χ3n) is 2.34. The second kappa shape index (κ2) is 5.10. The predicted octanol–water partition coefficient (Wildman–Crippen LogP) is 3.34. The molecule has 0 amide bonds. The Labute approximate surface area is 122 Å². The summed E-state index contributed by atoms with van der Waals surface area (Å²) >= 11 is 4.32. The van der Waals surface area contributed by atoms with Crippen molar-refractivity contribution >= 4 is 48.7 Å². The number of nitrogens with one attached hydrogen (secondary N) is 1. The van der Waals surface area contributed by atoms with Gasteiger partial charge >= 0.3 is 0 Å². The summed E-state index contributed by atoms with van der Waals surface area (Å²) in [6, 6.07) is 5.30. The van der Waals surface area contributed by atoms with Gasteiger partial charge in [-0.1, -0.05) is 0 Å². The van der Waals surface area contributed by atoms with Gasteiger partial charge in [0.25, 0.3) is 10.0 Å². The molecular formula is C11H10BrFN2O2S2. The number of nitrogen functional groups attached to an aromatic ring is 1. The Bertz CT molecular complexity index is 709. The predicted molar refractivity (Wildman–Crippen MR) is 78.4 cm³/mol. The van der Waals surface area contributed by atoms with Gasteiger partial charge < -0.3 is 5.73 Å². The second-order valence-corrected chi connectivity index (χ2v) is 8.15. The monoisotopic (exact) mass is 364 g/mol. The van der Waals surface area contributed by atoms with Crippen molar-refractivity contribution < 1.29 is 12.8 Å². The average molecular weight is 365 g/mol. The van der Waals surface area contributed by atoms with E-state index < -0.39 is 15.8 Å². The van der Waals surface area contributed by atoms with Gasteiger partial charge in [-0.15, -0.1) is 11.3 Å². The van der Waals surface area contributed by atoms with Crippen molar-refractivity contribution in [1.82, 2.24) is 0 Å². The van der Waals surface area contributed by atoms with Crippen molar-refractivity contribution in [1.29, 1.82) is 0 Å². The Balaban J connectivity index is 2.36. The van der Waals surface area contributed by atoms with Gasteiger partial charge in [-0.3, -0.25) is 4.72 Å². The molecule has 0 aliphatic rings. The molecular weight excluding hydrogens is 355 g/mol. The van der Waals surface area contributed by atoms with Crippen LogP contribution in [0.3, 0.4) is 0 Å². The average Bonchev–Trinajstić information content (AvgIpc) is 2.64. The molecule has 0 unspecified atom stereocenters. The van der Waals surface area contributed by atoms with E-state index in [-0.39, 0.29) is 15.6 Å². The number of rotatable bonds is 3. The third kappa shape index (κ3) is 3.07. The van der Waals surface area contributed by atoms with Crippen LogP contribution in [0.5, 0.6) is 0 Å². The van der Waals surface area contributed by atoms with Crippen LogP contribution >= 0.6 is 27.3 Å². The van der Waals surface area contributed by atoms with E-state index in [2.05, 4.69) is 20.7 Å². The molecule has 2 aromatic rings. The molecule has 0 fully saturated rings. The topological polar surface area (TPSA) is 72.2 Å². The molecule has 2 rings (SSSR count). The maximum Gasteiger partial charge on any atom is 0.271 e. The molecule has 0 saturated carbocycles. The number of hydrogen-bond acceptors (Lipinski definition) is 4. The summed E-state index contributed by atoms with van der Waals surface area (Å²) in [5.74, 6) is -0.712. The van der Waals surface area contributed by atoms with Crippen molar-refractivity contribution in [2.75, 3.05) is 10.5 Å². The molecule has 0 radical (unpaired) electrons. The molecule has 0 aliphatic heterocycles. The Morgan fingerprint density at radius 1 is 1.37 bits per heavy atom. The van der Waals surface area contributed by atoms with Crippen LogP contribution in [0, 0.1) is 12.7 Å². The molecule has 0 spiro atoms. The molecule has 19 heavy (non-hydrogen) atoms. The zero-order valence-electron chi connectivity index (χ0n) is 9.78. The lowest BCUT2D eigenvalue weighted by atomic mass is 10.3. The molecule has 1 heterocycles. The Morgan fingerprint density at radius 2 is 2.05 bits per heavy atom. The Kier molecular flexibility index (Phi) is 3.84. The van der Waals surface area contributed by atoms with Crippen LogP contribution in [-0.2, 0) is 10.0 Å². The first-order chi connectivity index (χ1) is 8.79. The van der Waals surface area contributed by atoms with E-state index in [9.17, 15) is 12.8 Å². The highest BCUT2D eigenvalue weighted by Gasteiger charge is 2.19. The van der Waals surface area contributed by atoms with Crippen LogP contribution in [0.4, 0.5) is 15.8 Å². The number of sulfonamides is 1. The van der Waals surface area contributed by atoms with Crippen molar-refractivity contribution in [3.63, 3.8) is 0 Å². The molecule has 4 nitrogen and oxygen atoms in total. The fourth-order valence-electron chi connectivity index (χ4n) is 1.37. The lowest BCUT2D eigenvalue weighted by Crippen LogP contribution is -2.12. The number of hydrogen-bond donors (Lipinski definition) is 2. The summed E-state index contributed by atoms with van der Waals surface area (Å²) in [7, 11) is -3.79. The number of thiophene rings is 1. The molecule has 8 heteroatoms. The minimum Gasteiger partial charge on any atom is -0.399 e. The first kappa shape index (κ1) is 14.3. The maximum atomic E-state index is 13.6. The third-order valence-corrected chi connectivity index (χ3v) is 6.31. The van der Waals surface area contributed by atoms with Gasteiger partial charge in [0.2, 0.25) is 0 Å². The second-order valence-electron chi connectivity index (χ2n) is 3.87. The van der Waals surface area contributed by atoms with Crippen molar-refractivity contribution in [2.24, 2.45) is 0 Å². The molecule has 1 aromatic heterocycles. The van der Waals surface area contributed by atoms with Crippen LogP contribution in [0.2, 0.25) is 0 Å². The van der Waals surface area contributed by atoms with Crippen molar-refractivity contribution in [3.05, 3.63) is 39.4 Å². The number of benzene rings is 1. The zero-order chi connectivity index (χ0) is 14.2. The molecule has 0 bridgehead atoms. The van der Waals surface area contributed by atoms with Crippen LogP contribution < -0.4 is 10.5 Å². The van der Waals surface area contributed by atoms with Crippen LogP contribution in [0.15, 0.2) is 32.3 Å². The number of halogens is 2. The molecule has 0 aliphatic carbocycles. The normalized spacial score (nSPS) is 11.5. The van der Waals surface area contributed by atoms with Gasteiger partial charge in [0.05, 0.1) is 9.47 Å². The largest absolute Gasteiger partial charge is 0.399 e. The lowest BCUT2D eigenvalue weighted by Gasteiger charge is -2.07.